The standard InChI is InChI=1S/C17H13ClN6O2/c1-2-26-17(25)11(7-19)8-20-15-14-9-23-24(16(14)22-10-21-15)13-5-3-12(18)4-6-13/h3-6,8-10H,2H2,1H3,(H,20,21,22)/b11-8-. The summed E-state index contributed by atoms with van der Waals surface area (Å²) in [6.45, 7) is 1.85. The Morgan fingerprint density at radius 1 is 1.38 bits per heavy atom. The van der Waals surface area contributed by atoms with Crippen LogP contribution in [0.1, 0.15) is 6.92 Å². The number of halogens is 1. The second kappa shape index (κ2) is 7.63. The molecule has 0 aliphatic carbocycles. The van der Waals surface area contributed by atoms with Crippen molar-refractivity contribution in [2.24, 2.45) is 0 Å². The molecular formula is C17H13ClN6O2. The van der Waals surface area contributed by atoms with Crippen LogP contribution in [0.25, 0.3) is 16.7 Å². The van der Waals surface area contributed by atoms with Gasteiger partial charge in [0, 0.05) is 11.2 Å². The molecule has 0 aliphatic rings. The first kappa shape index (κ1) is 17.4. The van der Waals surface area contributed by atoms with Gasteiger partial charge < -0.3 is 10.1 Å². The van der Waals surface area contributed by atoms with Gasteiger partial charge in [0.05, 0.1) is 23.9 Å². The molecule has 0 unspecified atom stereocenters. The summed E-state index contributed by atoms with van der Waals surface area (Å²) in [6.07, 6.45) is 4.21. The van der Waals surface area contributed by atoms with Crippen LogP contribution in [-0.4, -0.2) is 32.3 Å². The van der Waals surface area contributed by atoms with Crippen molar-refractivity contribution in [2.45, 2.75) is 6.92 Å². The predicted molar refractivity (Wildman–Crippen MR) is 95.6 cm³/mol. The molecule has 0 spiro atoms. The number of ether oxygens (including phenoxy) is 1. The Kier molecular flexibility index (Phi) is 5.10. The van der Waals surface area contributed by atoms with Gasteiger partial charge in [-0.25, -0.2) is 19.4 Å². The Balaban J connectivity index is 1.95. The highest BCUT2D eigenvalue weighted by atomic mass is 35.5. The number of esters is 1. The van der Waals surface area contributed by atoms with Gasteiger partial charge in [-0.05, 0) is 31.2 Å². The third-order valence-electron chi connectivity index (χ3n) is 3.41. The molecule has 0 bridgehead atoms. The number of fused-ring (bicyclic) bond motifs is 1. The normalized spacial score (nSPS) is 11.2. The molecule has 9 heteroatoms. The van der Waals surface area contributed by atoms with Crippen LogP contribution in [0.4, 0.5) is 5.82 Å². The molecule has 1 aromatic carbocycles. The number of nitrogens with one attached hydrogen (secondary N) is 1. The largest absolute Gasteiger partial charge is 0.462 e. The van der Waals surface area contributed by atoms with E-state index < -0.39 is 5.97 Å². The Labute approximate surface area is 153 Å². The Hall–Kier alpha value is -3.44. The lowest BCUT2D eigenvalue weighted by Gasteiger charge is -2.05. The van der Waals surface area contributed by atoms with Gasteiger partial charge in [-0.1, -0.05) is 11.6 Å². The minimum atomic E-state index is -0.704. The molecule has 26 heavy (non-hydrogen) atoms. The third kappa shape index (κ3) is 3.48. The van der Waals surface area contributed by atoms with E-state index in [9.17, 15) is 4.79 Å². The van der Waals surface area contributed by atoms with Gasteiger partial charge in [-0.3, -0.25) is 0 Å². The first-order chi connectivity index (χ1) is 12.6. The number of hydrogen-bond acceptors (Lipinski definition) is 7. The number of carbonyl (C=O) groups excluding carboxylic acids is 1. The topological polar surface area (TPSA) is 106 Å². The van der Waals surface area contributed by atoms with Gasteiger partial charge in [0.25, 0.3) is 0 Å². The monoisotopic (exact) mass is 368 g/mol. The molecule has 1 N–H and O–H groups in total. The molecule has 0 aliphatic heterocycles. The van der Waals surface area contributed by atoms with Gasteiger partial charge in [-0.2, -0.15) is 10.4 Å². The van der Waals surface area contributed by atoms with Crippen molar-refractivity contribution < 1.29 is 9.53 Å². The fourth-order valence-corrected chi connectivity index (χ4v) is 2.34. The zero-order chi connectivity index (χ0) is 18.5. The molecule has 0 amide bonds. The molecule has 2 heterocycles. The summed E-state index contributed by atoms with van der Waals surface area (Å²) >= 11 is 5.91. The maximum absolute atomic E-state index is 11.7. The molecule has 0 fully saturated rings. The van der Waals surface area contributed by atoms with Crippen LogP contribution in [0.3, 0.4) is 0 Å². The Bertz CT molecular complexity index is 1020. The maximum Gasteiger partial charge on any atom is 0.350 e. The zero-order valence-corrected chi connectivity index (χ0v) is 14.4. The Morgan fingerprint density at radius 2 is 2.15 bits per heavy atom. The van der Waals surface area contributed by atoms with E-state index in [1.54, 1.807) is 36.0 Å². The fraction of sp³-hybridized carbons (Fsp3) is 0.118. The van der Waals surface area contributed by atoms with Crippen LogP contribution < -0.4 is 5.32 Å². The van der Waals surface area contributed by atoms with Crippen LogP contribution in [0.5, 0.6) is 0 Å². The van der Waals surface area contributed by atoms with E-state index in [2.05, 4.69) is 20.4 Å². The lowest BCUT2D eigenvalue weighted by Crippen LogP contribution is -2.08. The quantitative estimate of drug-likeness (QED) is 0.419. The van der Waals surface area contributed by atoms with Gasteiger partial charge >= 0.3 is 5.97 Å². The number of carbonyl (C=O) groups is 1. The predicted octanol–water partition coefficient (Wildman–Crippen LogP) is 2.85. The van der Waals surface area contributed by atoms with Crippen molar-refractivity contribution in [1.82, 2.24) is 19.7 Å². The highest BCUT2D eigenvalue weighted by Crippen LogP contribution is 2.22. The van der Waals surface area contributed by atoms with E-state index in [1.165, 1.54) is 12.5 Å². The molecule has 3 rings (SSSR count). The minimum absolute atomic E-state index is 0.163. The average molecular weight is 369 g/mol. The fourth-order valence-electron chi connectivity index (χ4n) is 2.22. The summed E-state index contributed by atoms with van der Waals surface area (Å²) < 4.78 is 6.45. The van der Waals surface area contributed by atoms with Gasteiger partial charge in [-0.15, -0.1) is 0 Å². The first-order valence-electron chi connectivity index (χ1n) is 7.62. The number of aromatic nitrogens is 4. The number of anilines is 1. The van der Waals surface area contributed by atoms with Crippen molar-refractivity contribution in [3.63, 3.8) is 0 Å². The van der Waals surface area contributed by atoms with Crippen LogP contribution in [-0.2, 0) is 9.53 Å². The van der Waals surface area contributed by atoms with E-state index in [1.807, 2.05) is 12.1 Å². The van der Waals surface area contributed by atoms with Gasteiger partial charge in [0.15, 0.2) is 11.2 Å². The van der Waals surface area contributed by atoms with Crippen molar-refractivity contribution in [3.8, 4) is 11.8 Å². The number of nitrogens with zero attached hydrogens (tertiary/aromatic N) is 5. The lowest BCUT2D eigenvalue weighted by atomic mass is 10.3. The van der Waals surface area contributed by atoms with E-state index in [4.69, 9.17) is 21.6 Å². The minimum Gasteiger partial charge on any atom is -0.462 e. The summed E-state index contributed by atoms with van der Waals surface area (Å²) in [6, 6.07) is 8.94. The van der Waals surface area contributed by atoms with Crippen molar-refractivity contribution in [1.29, 1.82) is 5.26 Å². The van der Waals surface area contributed by atoms with Crippen molar-refractivity contribution in [3.05, 3.63) is 53.6 Å². The van der Waals surface area contributed by atoms with E-state index >= 15 is 0 Å². The van der Waals surface area contributed by atoms with Crippen molar-refractivity contribution in [2.75, 3.05) is 11.9 Å². The smallest absolute Gasteiger partial charge is 0.350 e. The third-order valence-corrected chi connectivity index (χ3v) is 3.66. The summed E-state index contributed by atoms with van der Waals surface area (Å²) in [7, 11) is 0. The molecule has 0 radical (unpaired) electrons. The molecule has 8 nitrogen and oxygen atoms in total. The molecular weight excluding hydrogens is 356 g/mol. The summed E-state index contributed by atoms with van der Waals surface area (Å²) in [4.78, 5) is 20.1. The highest BCUT2D eigenvalue weighted by Gasteiger charge is 2.13. The van der Waals surface area contributed by atoms with Crippen LogP contribution >= 0.6 is 11.6 Å². The number of nitriles is 1. The molecule has 0 saturated carbocycles. The molecule has 2 aromatic heterocycles. The second-order valence-corrected chi connectivity index (χ2v) is 5.46. The highest BCUT2D eigenvalue weighted by molar-refractivity contribution is 6.30. The molecule has 3 aromatic rings. The summed E-state index contributed by atoms with van der Waals surface area (Å²) in [5, 5.41) is 17.5. The lowest BCUT2D eigenvalue weighted by molar-refractivity contribution is -0.138. The molecule has 0 atom stereocenters. The van der Waals surface area contributed by atoms with E-state index in [0.717, 1.165) is 5.69 Å². The SMILES string of the molecule is CCOC(=O)/C(C#N)=C\Nc1ncnc2c1cnn2-c1ccc(Cl)cc1. The van der Waals surface area contributed by atoms with Crippen LogP contribution in [0, 0.1) is 11.3 Å². The maximum atomic E-state index is 11.7. The Morgan fingerprint density at radius 3 is 2.85 bits per heavy atom. The zero-order valence-electron chi connectivity index (χ0n) is 13.7. The molecule has 0 saturated heterocycles. The number of benzene rings is 1. The van der Waals surface area contributed by atoms with Gasteiger partial charge in [0.1, 0.15) is 18.2 Å². The van der Waals surface area contributed by atoms with Gasteiger partial charge in [0.2, 0.25) is 0 Å². The molecule has 130 valence electrons. The van der Waals surface area contributed by atoms with Crippen LogP contribution in [0.15, 0.2) is 48.6 Å². The second-order valence-electron chi connectivity index (χ2n) is 5.03. The number of hydrogen-bond donors (Lipinski definition) is 1. The van der Waals surface area contributed by atoms with E-state index in [0.29, 0.717) is 21.9 Å². The first-order valence-corrected chi connectivity index (χ1v) is 8.00. The summed E-state index contributed by atoms with van der Waals surface area (Å²) in [5.41, 5.74) is 1.19. The average Bonchev–Trinajstić information content (AvgIpc) is 3.08. The van der Waals surface area contributed by atoms with E-state index in [-0.39, 0.29) is 12.2 Å². The van der Waals surface area contributed by atoms with Crippen LogP contribution in [0.2, 0.25) is 5.02 Å². The number of rotatable bonds is 5. The van der Waals surface area contributed by atoms with Crippen molar-refractivity contribution >= 4 is 34.4 Å². The summed E-state index contributed by atoms with van der Waals surface area (Å²) in [5.74, 6) is -0.295.